The normalized spacial score (nSPS) is 12.2. The van der Waals surface area contributed by atoms with Crippen molar-refractivity contribution < 1.29 is 9.19 Å². The molecule has 0 atom stereocenters. The molecule has 0 radical (unpaired) electrons. The number of aliphatic imine (C=N–C) groups is 1. The first-order valence-electron chi connectivity index (χ1n) is 9.81. The molecule has 0 aliphatic rings. The van der Waals surface area contributed by atoms with Crippen LogP contribution in [-0.2, 0) is 0 Å². The summed E-state index contributed by atoms with van der Waals surface area (Å²) in [7, 11) is 0. The average molecular weight is 332 g/mol. The number of halogens is 1. The van der Waals surface area contributed by atoms with Crippen LogP contribution in [0.3, 0.4) is 0 Å². The molecule has 0 saturated heterocycles. The van der Waals surface area contributed by atoms with Crippen molar-refractivity contribution in [3.05, 3.63) is 0 Å². The molecule has 23 heavy (non-hydrogen) atoms. The SMILES string of the molecule is CCCN=C(N(CCC)CCC)[N+](CCC)(CCC)CCC.[F-]. The first-order valence-corrected chi connectivity index (χ1v) is 9.81. The Kier molecular flexibility index (Phi) is 16.0. The van der Waals surface area contributed by atoms with E-state index in [0.717, 1.165) is 30.5 Å². The van der Waals surface area contributed by atoms with Crippen molar-refractivity contribution in [1.29, 1.82) is 0 Å². The summed E-state index contributed by atoms with van der Waals surface area (Å²) in [5, 5.41) is 0. The maximum absolute atomic E-state index is 5.12. The largest absolute Gasteiger partial charge is 1.00 e. The summed E-state index contributed by atoms with van der Waals surface area (Å²) in [6.45, 7) is 20.7. The van der Waals surface area contributed by atoms with E-state index in [4.69, 9.17) is 4.99 Å². The molecule has 3 nitrogen and oxygen atoms in total. The highest BCUT2D eigenvalue weighted by Crippen LogP contribution is 2.18. The van der Waals surface area contributed by atoms with Gasteiger partial charge in [-0.05, 0) is 38.5 Å². The number of quaternary nitrogens is 1. The van der Waals surface area contributed by atoms with Crippen LogP contribution < -0.4 is 4.70 Å². The molecular formula is C19H42FN3. The second kappa shape index (κ2) is 14.9. The van der Waals surface area contributed by atoms with Crippen LogP contribution in [0.4, 0.5) is 0 Å². The molecule has 0 bridgehead atoms. The fourth-order valence-corrected chi connectivity index (χ4v) is 3.53. The highest BCUT2D eigenvalue weighted by Gasteiger charge is 2.35. The minimum absolute atomic E-state index is 0. The van der Waals surface area contributed by atoms with Gasteiger partial charge >= 0.3 is 0 Å². The number of hydrogen-bond acceptors (Lipinski definition) is 1. The predicted octanol–water partition coefficient (Wildman–Crippen LogP) is 1.93. The van der Waals surface area contributed by atoms with Crippen LogP contribution in [0, 0.1) is 0 Å². The zero-order valence-corrected chi connectivity index (χ0v) is 16.7. The van der Waals surface area contributed by atoms with Gasteiger partial charge < -0.3 is 9.60 Å². The molecule has 0 aromatic carbocycles. The van der Waals surface area contributed by atoms with E-state index in [9.17, 15) is 0 Å². The van der Waals surface area contributed by atoms with E-state index >= 15 is 0 Å². The van der Waals surface area contributed by atoms with Crippen LogP contribution in [0.2, 0.25) is 0 Å². The Morgan fingerprint density at radius 1 is 0.696 bits per heavy atom. The van der Waals surface area contributed by atoms with E-state index < -0.39 is 0 Å². The number of guanidine groups is 1. The fourth-order valence-electron chi connectivity index (χ4n) is 3.53. The lowest BCUT2D eigenvalue weighted by Gasteiger charge is -2.42. The third-order valence-corrected chi connectivity index (χ3v) is 4.13. The molecule has 0 fully saturated rings. The van der Waals surface area contributed by atoms with Crippen molar-refractivity contribution in [2.24, 2.45) is 4.99 Å². The van der Waals surface area contributed by atoms with Crippen LogP contribution in [-0.4, -0.2) is 54.6 Å². The van der Waals surface area contributed by atoms with E-state index in [1.807, 2.05) is 0 Å². The minimum atomic E-state index is 0. The monoisotopic (exact) mass is 331 g/mol. The van der Waals surface area contributed by atoms with Gasteiger partial charge in [0.15, 0.2) is 0 Å². The predicted molar refractivity (Wildman–Crippen MR) is 100 cm³/mol. The Morgan fingerprint density at radius 3 is 1.43 bits per heavy atom. The molecule has 0 aliphatic carbocycles. The van der Waals surface area contributed by atoms with Crippen LogP contribution in [0.5, 0.6) is 0 Å². The smallest absolute Gasteiger partial charge is 0.300 e. The summed E-state index contributed by atoms with van der Waals surface area (Å²) >= 11 is 0. The quantitative estimate of drug-likeness (QED) is 0.303. The number of rotatable bonds is 12. The van der Waals surface area contributed by atoms with E-state index in [-0.39, 0.29) is 4.70 Å². The second-order valence-electron chi connectivity index (χ2n) is 6.48. The van der Waals surface area contributed by atoms with Crippen molar-refractivity contribution in [2.75, 3.05) is 39.3 Å². The third-order valence-electron chi connectivity index (χ3n) is 4.13. The molecule has 0 amide bonds. The Hall–Kier alpha value is -0.640. The lowest BCUT2D eigenvalue weighted by atomic mass is 10.2. The topological polar surface area (TPSA) is 15.6 Å². The Morgan fingerprint density at radius 2 is 1.13 bits per heavy atom. The van der Waals surface area contributed by atoms with Gasteiger partial charge in [0.05, 0.1) is 19.6 Å². The second-order valence-corrected chi connectivity index (χ2v) is 6.48. The van der Waals surface area contributed by atoms with Gasteiger partial charge in [0.1, 0.15) is 0 Å². The van der Waals surface area contributed by atoms with Crippen molar-refractivity contribution >= 4 is 5.96 Å². The van der Waals surface area contributed by atoms with Gasteiger partial charge in [-0.2, -0.15) is 0 Å². The lowest BCUT2D eigenvalue weighted by molar-refractivity contribution is -0.847. The summed E-state index contributed by atoms with van der Waals surface area (Å²) in [5.74, 6) is 1.39. The highest BCUT2D eigenvalue weighted by molar-refractivity contribution is 5.73. The Labute approximate surface area is 145 Å². The van der Waals surface area contributed by atoms with Crippen molar-refractivity contribution in [3.8, 4) is 0 Å². The van der Waals surface area contributed by atoms with Crippen LogP contribution in [0.25, 0.3) is 0 Å². The summed E-state index contributed by atoms with van der Waals surface area (Å²) in [6, 6.07) is 0. The fraction of sp³-hybridized carbons (Fsp3) is 0.947. The summed E-state index contributed by atoms with van der Waals surface area (Å²) in [6.07, 6.45) is 7.25. The Bertz CT molecular complexity index is 269. The maximum Gasteiger partial charge on any atom is 0.300 e. The standard InChI is InChI=1S/C19H42N3.FH/c1-7-13-20-19(21(14-8-2)15-9-3)22(16-10-4,17-11-5)18-12-6;/h7-18H2,1-6H3;1H/q+1;/p-1. The molecule has 4 heteroatoms. The molecule has 0 aromatic heterocycles. The van der Waals surface area contributed by atoms with Gasteiger partial charge in [-0.15, -0.1) is 0 Å². The molecule has 0 N–H and O–H groups in total. The Balaban J connectivity index is 0. The first-order chi connectivity index (χ1) is 10.7. The zero-order chi connectivity index (χ0) is 16.8. The molecule has 0 saturated carbocycles. The minimum Gasteiger partial charge on any atom is -1.00 e. The molecule has 0 spiro atoms. The van der Waals surface area contributed by atoms with Gasteiger partial charge in [-0.1, -0.05) is 41.5 Å². The van der Waals surface area contributed by atoms with Gasteiger partial charge in [-0.3, -0.25) is 4.48 Å². The van der Waals surface area contributed by atoms with Crippen molar-refractivity contribution in [1.82, 2.24) is 4.90 Å². The van der Waals surface area contributed by atoms with Crippen molar-refractivity contribution in [2.45, 2.75) is 80.1 Å². The van der Waals surface area contributed by atoms with E-state index in [0.29, 0.717) is 0 Å². The molecule has 0 unspecified atom stereocenters. The van der Waals surface area contributed by atoms with Crippen LogP contribution >= 0.6 is 0 Å². The molecule has 0 heterocycles. The third kappa shape index (κ3) is 8.14. The van der Waals surface area contributed by atoms with Crippen LogP contribution in [0.15, 0.2) is 4.99 Å². The zero-order valence-electron chi connectivity index (χ0n) is 16.7. The first kappa shape index (κ1) is 24.6. The molecular weight excluding hydrogens is 289 g/mol. The van der Waals surface area contributed by atoms with E-state index in [2.05, 4.69) is 46.4 Å². The molecule has 0 aromatic rings. The van der Waals surface area contributed by atoms with Gasteiger partial charge in [0.25, 0.3) is 5.96 Å². The summed E-state index contributed by atoms with van der Waals surface area (Å²) in [4.78, 5) is 7.72. The molecule has 140 valence electrons. The number of hydrogen-bond donors (Lipinski definition) is 0. The summed E-state index contributed by atoms with van der Waals surface area (Å²) in [5.41, 5.74) is 0. The van der Waals surface area contributed by atoms with Crippen molar-refractivity contribution in [3.63, 3.8) is 0 Å². The molecule has 0 aliphatic heterocycles. The van der Waals surface area contributed by atoms with Crippen LogP contribution in [0.1, 0.15) is 80.1 Å². The molecule has 0 rings (SSSR count). The van der Waals surface area contributed by atoms with E-state index in [1.54, 1.807) is 0 Å². The van der Waals surface area contributed by atoms with Gasteiger partial charge in [-0.25, -0.2) is 4.99 Å². The highest BCUT2D eigenvalue weighted by atomic mass is 19.0. The average Bonchev–Trinajstić information content (AvgIpc) is 2.49. The lowest BCUT2D eigenvalue weighted by Crippen LogP contribution is -3.00. The maximum atomic E-state index is 5.12. The van der Waals surface area contributed by atoms with Gasteiger partial charge in [0.2, 0.25) is 0 Å². The van der Waals surface area contributed by atoms with Gasteiger partial charge in [0, 0.05) is 19.6 Å². The summed E-state index contributed by atoms with van der Waals surface area (Å²) < 4.78 is 1.10. The number of nitrogens with zero attached hydrogens (tertiary/aromatic N) is 3. The van der Waals surface area contributed by atoms with E-state index in [1.165, 1.54) is 57.7 Å².